The number of benzene rings is 1. The molecule has 0 aromatic heterocycles. The maximum atomic E-state index is 11.7. The molecule has 0 saturated carbocycles. The van der Waals surface area contributed by atoms with Crippen molar-refractivity contribution >= 4 is 73.2 Å². The van der Waals surface area contributed by atoms with Crippen molar-refractivity contribution < 1.29 is 8.42 Å². The Morgan fingerprint density at radius 2 is 2.09 bits per heavy atom. The SMILES string of the molecule is Br.N=C1SC2CS(=O)(=O)CC2N1/N=C/c1ccc(Cl)cc1Cl. The van der Waals surface area contributed by atoms with E-state index in [1.165, 1.54) is 23.0 Å². The first kappa shape index (κ1) is 18.1. The van der Waals surface area contributed by atoms with Crippen LogP contribution in [0.4, 0.5) is 0 Å². The third-order valence-corrected chi connectivity index (χ3v) is 7.02. The lowest BCUT2D eigenvalue weighted by Crippen LogP contribution is -2.32. The number of hydrogen-bond donors (Lipinski definition) is 1. The number of hydrogen-bond acceptors (Lipinski definition) is 5. The summed E-state index contributed by atoms with van der Waals surface area (Å²) >= 11 is 13.1. The maximum absolute atomic E-state index is 11.7. The molecule has 0 bridgehead atoms. The van der Waals surface area contributed by atoms with Gasteiger partial charge in [0.25, 0.3) is 0 Å². The number of halogens is 3. The van der Waals surface area contributed by atoms with Crippen LogP contribution in [0.15, 0.2) is 23.3 Å². The number of amidine groups is 1. The van der Waals surface area contributed by atoms with E-state index in [2.05, 4.69) is 5.10 Å². The Labute approximate surface area is 153 Å². The Bertz CT molecular complexity index is 742. The predicted octanol–water partition coefficient (Wildman–Crippen LogP) is 3.05. The lowest BCUT2D eigenvalue weighted by Gasteiger charge is -2.17. The molecule has 10 heteroatoms. The van der Waals surface area contributed by atoms with Crippen molar-refractivity contribution in [1.29, 1.82) is 5.41 Å². The largest absolute Gasteiger partial charge is 0.277 e. The van der Waals surface area contributed by atoms with Crippen LogP contribution in [-0.4, -0.2) is 47.6 Å². The standard InChI is InChI=1S/C12H11Cl2N3O2S2.BrH/c13-8-2-1-7(9(14)3-8)4-16-17-10-5-21(18,19)6-11(10)20-12(17)15;/h1-4,10-11,15H,5-6H2;1H/b15-12?,16-4+;. The topological polar surface area (TPSA) is 73.6 Å². The number of sulfone groups is 1. The van der Waals surface area contributed by atoms with Gasteiger partial charge in [0.15, 0.2) is 15.0 Å². The molecule has 2 heterocycles. The molecule has 2 saturated heterocycles. The fourth-order valence-corrected chi connectivity index (χ4v) is 6.53. The molecular weight excluding hydrogens is 433 g/mol. The monoisotopic (exact) mass is 443 g/mol. The summed E-state index contributed by atoms with van der Waals surface area (Å²) in [6.45, 7) is 0. The van der Waals surface area contributed by atoms with E-state index in [0.717, 1.165) is 0 Å². The Kier molecular flexibility index (Phi) is 5.49. The molecule has 22 heavy (non-hydrogen) atoms. The molecule has 1 aromatic carbocycles. The Balaban J connectivity index is 0.00000176. The summed E-state index contributed by atoms with van der Waals surface area (Å²) in [5.74, 6) is 0.150. The number of thioether (sulfide) groups is 1. The molecule has 3 rings (SSSR count). The molecule has 5 nitrogen and oxygen atoms in total. The van der Waals surface area contributed by atoms with Gasteiger partial charge in [-0.2, -0.15) is 5.10 Å². The highest BCUT2D eigenvalue weighted by Crippen LogP contribution is 2.37. The van der Waals surface area contributed by atoms with E-state index in [1.807, 2.05) is 0 Å². The van der Waals surface area contributed by atoms with E-state index < -0.39 is 9.84 Å². The Hall–Kier alpha value is -0.280. The summed E-state index contributed by atoms with van der Waals surface area (Å²) in [6.07, 6.45) is 1.53. The highest BCUT2D eigenvalue weighted by atomic mass is 79.9. The van der Waals surface area contributed by atoms with Crippen LogP contribution < -0.4 is 0 Å². The molecule has 0 radical (unpaired) electrons. The van der Waals surface area contributed by atoms with E-state index in [1.54, 1.807) is 18.2 Å². The number of fused-ring (bicyclic) bond motifs is 1. The summed E-state index contributed by atoms with van der Waals surface area (Å²) in [4.78, 5) is 0. The first-order valence-electron chi connectivity index (χ1n) is 6.10. The van der Waals surface area contributed by atoms with Crippen molar-refractivity contribution in [3.8, 4) is 0 Å². The van der Waals surface area contributed by atoms with E-state index in [-0.39, 0.29) is 44.9 Å². The van der Waals surface area contributed by atoms with Crippen LogP contribution in [0.2, 0.25) is 10.0 Å². The van der Waals surface area contributed by atoms with Gasteiger partial charge in [-0.3, -0.25) is 5.41 Å². The molecule has 2 unspecified atom stereocenters. The third kappa shape index (κ3) is 3.62. The number of nitrogens with zero attached hydrogens (tertiary/aromatic N) is 2. The van der Waals surface area contributed by atoms with Gasteiger partial charge in [0.1, 0.15) is 0 Å². The average Bonchev–Trinajstić information content (AvgIpc) is 2.80. The van der Waals surface area contributed by atoms with Crippen LogP contribution in [0.1, 0.15) is 5.56 Å². The van der Waals surface area contributed by atoms with Crippen LogP contribution in [0, 0.1) is 5.41 Å². The predicted molar refractivity (Wildman–Crippen MR) is 97.8 cm³/mol. The average molecular weight is 445 g/mol. The van der Waals surface area contributed by atoms with Crippen LogP contribution in [-0.2, 0) is 9.84 Å². The second-order valence-electron chi connectivity index (χ2n) is 4.86. The minimum atomic E-state index is -3.04. The zero-order valence-corrected chi connectivity index (χ0v) is 15.9. The first-order chi connectivity index (χ1) is 9.85. The molecule has 0 aliphatic carbocycles. The molecular formula is C12H12BrCl2N3O2S2. The second kappa shape index (κ2) is 6.68. The first-order valence-corrected chi connectivity index (χ1v) is 9.55. The fraction of sp³-hybridized carbons (Fsp3) is 0.333. The molecule has 2 aliphatic heterocycles. The smallest absolute Gasteiger partial charge is 0.177 e. The minimum Gasteiger partial charge on any atom is -0.277 e. The molecule has 0 spiro atoms. The van der Waals surface area contributed by atoms with E-state index in [4.69, 9.17) is 28.6 Å². The van der Waals surface area contributed by atoms with Crippen molar-refractivity contribution in [3.05, 3.63) is 33.8 Å². The van der Waals surface area contributed by atoms with Gasteiger partial charge in [0.2, 0.25) is 0 Å². The molecule has 2 atom stereocenters. The molecule has 0 amide bonds. The van der Waals surface area contributed by atoms with Gasteiger partial charge in [0, 0.05) is 15.8 Å². The van der Waals surface area contributed by atoms with Gasteiger partial charge in [0.05, 0.1) is 28.8 Å². The number of nitrogens with one attached hydrogen (secondary N) is 1. The van der Waals surface area contributed by atoms with E-state index >= 15 is 0 Å². The molecule has 1 aromatic rings. The minimum absolute atomic E-state index is 0. The highest BCUT2D eigenvalue weighted by molar-refractivity contribution is 8.93. The van der Waals surface area contributed by atoms with Crippen LogP contribution in [0.25, 0.3) is 0 Å². The van der Waals surface area contributed by atoms with Gasteiger partial charge in [-0.1, -0.05) is 41.0 Å². The van der Waals surface area contributed by atoms with Crippen molar-refractivity contribution in [3.63, 3.8) is 0 Å². The highest BCUT2D eigenvalue weighted by Gasteiger charge is 2.48. The quantitative estimate of drug-likeness (QED) is 0.711. The summed E-state index contributed by atoms with van der Waals surface area (Å²) in [7, 11) is -3.04. The molecule has 2 aliphatic rings. The fourth-order valence-electron chi connectivity index (χ4n) is 2.35. The van der Waals surface area contributed by atoms with E-state index in [0.29, 0.717) is 15.6 Å². The van der Waals surface area contributed by atoms with Gasteiger partial charge >= 0.3 is 0 Å². The lowest BCUT2D eigenvalue weighted by atomic mass is 10.2. The molecule has 2 fully saturated rings. The molecule has 1 N–H and O–H groups in total. The van der Waals surface area contributed by atoms with Gasteiger partial charge < -0.3 is 0 Å². The zero-order valence-electron chi connectivity index (χ0n) is 11.1. The van der Waals surface area contributed by atoms with E-state index in [9.17, 15) is 8.42 Å². The van der Waals surface area contributed by atoms with Crippen LogP contribution in [0.3, 0.4) is 0 Å². The summed E-state index contributed by atoms with van der Waals surface area (Å²) in [5.41, 5.74) is 0.670. The van der Waals surface area contributed by atoms with Crippen LogP contribution >= 0.6 is 51.9 Å². The van der Waals surface area contributed by atoms with Gasteiger partial charge in [-0.25, -0.2) is 13.4 Å². The van der Waals surface area contributed by atoms with Crippen molar-refractivity contribution in [2.45, 2.75) is 11.3 Å². The maximum Gasteiger partial charge on any atom is 0.177 e. The number of hydrazone groups is 1. The van der Waals surface area contributed by atoms with Gasteiger partial charge in [-0.05, 0) is 12.1 Å². The summed E-state index contributed by atoms with van der Waals surface area (Å²) < 4.78 is 23.3. The third-order valence-electron chi connectivity index (χ3n) is 3.34. The Morgan fingerprint density at radius 3 is 2.77 bits per heavy atom. The normalized spacial score (nSPS) is 26.3. The number of rotatable bonds is 2. The second-order valence-corrected chi connectivity index (χ2v) is 9.09. The van der Waals surface area contributed by atoms with Crippen molar-refractivity contribution in [1.82, 2.24) is 5.01 Å². The zero-order chi connectivity index (χ0) is 15.2. The van der Waals surface area contributed by atoms with Crippen molar-refractivity contribution in [2.75, 3.05) is 11.5 Å². The van der Waals surface area contributed by atoms with Crippen LogP contribution in [0.5, 0.6) is 0 Å². The summed E-state index contributed by atoms with van der Waals surface area (Å²) in [6, 6.07) is 4.76. The lowest BCUT2D eigenvalue weighted by molar-refractivity contribution is 0.376. The summed E-state index contributed by atoms with van der Waals surface area (Å²) in [5, 5.41) is 14.8. The van der Waals surface area contributed by atoms with Gasteiger partial charge in [-0.15, -0.1) is 17.0 Å². The Morgan fingerprint density at radius 1 is 1.36 bits per heavy atom. The molecule has 120 valence electrons. The van der Waals surface area contributed by atoms with Crippen molar-refractivity contribution in [2.24, 2.45) is 5.10 Å².